The van der Waals surface area contributed by atoms with E-state index in [0.717, 1.165) is 75.9 Å². The number of halogens is 3. The summed E-state index contributed by atoms with van der Waals surface area (Å²) < 4.78 is 47.0. The molecule has 6 heterocycles. The lowest BCUT2D eigenvalue weighted by Gasteiger charge is -2.42. The number of ether oxygens (including phenoxy) is 1. The highest BCUT2D eigenvalue weighted by molar-refractivity contribution is 5.59. The summed E-state index contributed by atoms with van der Waals surface area (Å²) in [6.45, 7) is 5.19. The van der Waals surface area contributed by atoms with Crippen LogP contribution in [0.5, 0.6) is 0 Å². The number of aromatic amines is 1. The number of fused-ring (bicyclic) bond motifs is 1. The van der Waals surface area contributed by atoms with Gasteiger partial charge < -0.3 is 9.64 Å². The van der Waals surface area contributed by atoms with Crippen LogP contribution in [0.25, 0.3) is 17.2 Å². The van der Waals surface area contributed by atoms with Crippen LogP contribution in [0.2, 0.25) is 0 Å². The van der Waals surface area contributed by atoms with Crippen molar-refractivity contribution in [3.05, 3.63) is 60.3 Å². The predicted octanol–water partition coefficient (Wildman–Crippen LogP) is 4.21. The fourth-order valence-electron chi connectivity index (χ4n) is 6.33. The van der Waals surface area contributed by atoms with Gasteiger partial charge >= 0.3 is 6.18 Å². The molecule has 0 bridgehead atoms. The Hall–Kier alpha value is -3.51. The van der Waals surface area contributed by atoms with Crippen molar-refractivity contribution in [1.82, 2.24) is 34.4 Å². The topological polar surface area (TPSA) is 87.5 Å². The first-order valence-electron chi connectivity index (χ1n) is 13.3. The Balaban J connectivity index is 1.14. The first kappa shape index (κ1) is 24.5. The minimum absolute atomic E-state index is 0.151. The van der Waals surface area contributed by atoms with E-state index in [0.29, 0.717) is 28.5 Å². The molecule has 1 N–H and O–H groups in total. The molecule has 2 aliphatic heterocycles. The van der Waals surface area contributed by atoms with Crippen LogP contribution in [0.4, 0.5) is 19.0 Å². The molecule has 4 aromatic heterocycles. The second kappa shape index (κ2) is 9.30. The lowest BCUT2D eigenvalue weighted by atomic mass is 9.93. The van der Waals surface area contributed by atoms with E-state index in [1.54, 1.807) is 6.20 Å². The van der Waals surface area contributed by atoms with Crippen LogP contribution < -0.4 is 4.90 Å². The molecule has 2 atom stereocenters. The van der Waals surface area contributed by atoms with Crippen LogP contribution in [0.3, 0.4) is 0 Å². The van der Waals surface area contributed by atoms with Gasteiger partial charge in [-0.05, 0) is 48.8 Å². The number of piperazine rings is 1. The van der Waals surface area contributed by atoms with Gasteiger partial charge in [0.2, 0.25) is 0 Å². The van der Waals surface area contributed by atoms with Crippen LogP contribution in [0, 0.1) is 11.3 Å². The van der Waals surface area contributed by atoms with Gasteiger partial charge in [0.25, 0.3) is 0 Å². The monoisotopic (exact) mass is 538 g/mol. The second-order valence-corrected chi connectivity index (χ2v) is 10.9. The van der Waals surface area contributed by atoms with E-state index in [1.807, 2.05) is 18.5 Å². The van der Waals surface area contributed by atoms with Gasteiger partial charge in [0.05, 0.1) is 24.0 Å². The van der Waals surface area contributed by atoms with Crippen LogP contribution in [0.15, 0.2) is 49.2 Å². The van der Waals surface area contributed by atoms with Crippen LogP contribution in [0.1, 0.15) is 36.4 Å². The summed E-state index contributed by atoms with van der Waals surface area (Å²) in [5.74, 6) is 1.77. The van der Waals surface area contributed by atoms with Crippen LogP contribution >= 0.6 is 0 Å². The van der Waals surface area contributed by atoms with Crippen LogP contribution in [-0.2, 0) is 10.9 Å². The Morgan fingerprint density at radius 1 is 1.08 bits per heavy atom. The number of nitrogens with zero attached hydrogens (tertiary/aromatic N) is 7. The molecule has 0 aromatic carbocycles. The Kier molecular flexibility index (Phi) is 5.85. The number of pyridine rings is 1. The predicted molar refractivity (Wildman–Crippen MR) is 137 cm³/mol. The molecule has 0 amide bonds. The van der Waals surface area contributed by atoms with E-state index >= 15 is 0 Å². The summed E-state index contributed by atoms with van der Waals surface area (Å²) >= 11 is 0. The summed E-state index contributed by atoms with van der Waals surface area (Å²) in [5, 5.41) is 7.17. The van der Waals surface area contributed by atoms with Crippen molar-refractivity contribution in [2.45, 2.75) is 31.5 Å². The molecule has 204 valence electrons. The van der Waals surface area contributed by atoms with Crippen molar-refractivity contribution in [3.63, 3.8) is 0 Å². The SMILES string of the molecule is FC(F)(F)c1ccc2ncc(-c3nccc(N4CCN(CC5CC56CCOCC6)C(c5cn[nH]c5)C4)n3)n2c1. The van der Waals surface area contributed by atoms with E-state index in [2.05, 4.69) is 30.0 Å². The maximum Gasteiger partial charge on any atom is 0.417 e. The number of imidazole rings is 1. The van der Waals surface area contributed by atoms with Crippen molar-refractivity contribution in [3.8, 4) is 11.5 Å². The molecule has 39 heavy (non-hydrogen) atoms. The van der Waals surface area contributed by atoms with Gasteiger partial charge in [0, 0.05) is 63.5 Å². The van der Waals surface area contributed by atoms with Crippen LogP contribution in [-0.4, -0.2) is 73.8 Å². The van der Waals surface area contributed by atoms with Crippen molar-refractivity contribution in [1.29, 1.82) is 0 Å². The third-order valence-corrected chi connectivity index (χ3v) is 8.72. The van der Waals surface area contributed by atoms with Gasteiger partial charge in [0.1, 0.15) is 17.2 Å². The van der Waals surface area contributed by atoms with E-state index in [-0.39, 0.29) is 6.04 Å². The lowest BCUT2D eigenvalue weighted by Crippen LogP contribution is -2.49. The Bertz CT molecular complexity index is 1460. The first-order valence-corrected chi connectivity index (χ1v) is 13.3. The zero-order chi connectivity index (χ0) is 26.6. The molecule has 1 spiro atoms. The van der Waals surface area contributed by atoms with E-state index < -0.39 is 11.7 Å². The van der Waals surface area contributed by atoms with Crippen molar-refractivity contribution >= 4 is 11.5 Å². The number of rotatable bonds is 5. The quantitative estimate of drug-likeness (QED) is 0.407. The molecule has 2 saturated heterocycles. The van der Waals surface area contributed by atoms with E-state index in [1.165, 1.54) is 23.1 Å². The van der Waals surface area contributed by atoms with E-state index in [4.69, 9.17) is 9.72 Å². The summed E-state index contributed by atoms with van der Waals surface area (Å²) in [6, 6.07) is 4.39. The maximum atomic E-state index is 13.3. The Morgan fingerprint density at radius 3 is 2.74 bits per heavy atom. The molecule has 1 saturated carbocycles. The zero-order valence-electron chi connectivity index (χ0n) is 21.3. The Labute approximate surface area is 223 Å². The summed E-state index contributed by atoms with van der Waals surface area (Å²) in [4.78, 5) is 18.2. The highest BCUT2D eigenvalue weighted by atomic mass is 19.4. The standard InChI is InChI=1S/C27H29F3N8O/c28-27(29,30)19-1-2-23-32-14-21(38(23)16-19)25-31-6-3-24(35-25)37-8-7-36(22(17-37)18-12-33-34-13-18)15-20-11-26(20)4-9-39-10-5-26/h1-3,6,12-14,16,20,22H,4-5,7-11,15,17H2,(H,33,34). The molecule has 3 aliphatic rings. The minimum Gasteiger partial charge on any atom is -0.381 e. The smallest absolute Gasteiger partial charge is 0.381 e. The molecule has 9 nitrogen and oxygen atoms in total. The summed E-state index contributed by atoms with van der Waals surface area (Å²) in [5.41, 5.74) is 1.67. The molecule has 3 fully saturated rings. The fraction of sp³-hybridized carbons (Fsp3) is 0.481. The molecular formula is C27H29F3N8O. The van der Waals surface area contributed by atoms with Gasteiger partial charge in [-0.2, -0.15) is 18.3 Å². The third kappa shape index (κ3) is 4.55. The number of hydrogen-bond donors (Lipinski definition) is 1. The zero-order valence-corrected chi connectivity index (χ0v) is 21.3. The first-order chi connectivity index (χ1) is 18.9. The van der Waals surface area contributed by atoms with Gasteiger partial charge in [-0.15, -0.1) is 0 Å². The number of aromatic nitrogens is 6. The average Bonchev–Trinajstić information content (AvgIpc) is 3.33. The van der Waals surface area contributed by atoms with Gasteiger partial charge in [-0.3, -0.25) is 14.4 Å². The van der Waals surface area contributed by atoms with Gasteiger partial charge in [-0.1, -0.05) is 0 Å². The van der Waals surface area contributed by atoms with Gasteiger partial charge in [0.15, 0.2) is 5.82 Å². The van der Waals surface area contributed by atoms with E-state index in [9.17, 15) is 13.2 Å². The van der Waals surface area contributed by atoms with Crippen molar-refractivity contribution in [2.24, 2.45) is 11.3 Å². The third-order valence-electron chi connectivity index (χ3n) is 8.72. The van der Waals surface area contributed by atoms with Crippen molar-refractivity contribution in [2.75, 3.05) is 44.3 Å². The molecule has 12 heteroatoms. The molecular weight excluding hydrogens is 509 g/mol. The van der Waals surface area contributed by atoms with Crippen molar-refractivity contribution < 1.29 is 17.9 Å². The Morgan fingerprint density at radius 2 is 1.95 bits per heavy atom. The minimum atomic E-state index is -4.45. The summed E-state index contributed by atoms with van der Waals surface area (Å²) in [6.07, 6.45) is 7.21. The second-order valence-electron chi connectivity index (χ2n) is 10.9. The highest BCUT2D eigenvalue weighted by Crippen LogP contribution is 2.59. The number of alkyl halides is 3. The fourth-order valence-corrected chi connectivity index (χ4v) is 6.33. The largest absolute Gasteiger partial charge is 0.417 e. The molecule has 2 unspecified atom stereocenters. The summed E-state index contributed by atoms with van der Waals surface area (Å²) in [7, 11) is 0. The molecule has 7 rings (SSSR count). The lowest BCUT2D eigenvalue weighted by molar-refractivity contribution is -0.137. The maximum absolute atomic E-state index is 13.3. The average molecular weight is 539 g/mol. The highest BCUT2D eigenvalue weighted by Gasteiger charge is 2.54. The molecule has 0 radical (unpaired) electrons. The number of H-pyrrole nitrogens is 1. The number of hydrogen-bond acceptors (Lipinski definition) is 7. The number of anilines is 1. The van der Waals surface area contributed by atoms with Gasteiger partial charge in [-0.25, -0.2) is 15.0 Å². The molecule has 1 aliphatic carbocycles. The number of nitrogens with one attached hydrogen (secondary N) is 1. The molecule has 4 aromatic rings. The normalized spacial score (nSPS) is 23.5.